The Labute approximate surface area is 212 Å². The zero-order chi connectivity index (χ0) is 25.1. The molecule has 1 amide bonds. The molecule has 0 bridgehead atoms. The Bertz CT molecular complexity index is 1650. The normalized spacial score (nSPS) is 11.2. The van der Waals surface area contributed by atoms with Crippen LogP contribution in [0.4, 0.5) is 0 Å². The van der Waals surface area contributed by atoms with Crippen molar-refractivity contribution < 1.29 is 4.79 Å². The minimum absolute atomic E-state index is 0.0597. The Morgan fingerprint density at radius 1 is 1.06 bits per heavy atom. The Morgan fingerprint density at radius 3 is 2.67 bits per heavy atom. The van der Waals surface area contributed by atoms with Gasteiger partial charge in [0.1, 0.15) is 16.8 Å². The lowest BCUT2D eigenvalue weighted by Crippen LogP contribution is -2.35. The van der Waals surface area contributed by atoms with Crippen molar-refractivity contribution in [1.29, 1.82) is 5.41 Å². The van der Waals surface area contributed by atoms with Gasteiger partial charge >= 0.3 is 0 Å². The Hall–Kier alpha value is -4.04. The molecule has 4 heterocycles. The van der Waals surface area contributed by atoms with Crippen molar-refractivity contribution in [2.45, 2.75) is 32.7 Å². The fourth-order valence-corrected chi connectivity index (χ4v) is 5.10. The van der Waals surface area contributed by atoms with E-state index in [1.165, 1.54) is 20.9 Å². The second-order valence-corrected chi connectivity index (χ2v) is 9.80. The number of carbonyl (C=O) groups excluding carboxylic acids is 1. The number of nitrogens with one attached hydrogen (secondary N) is 2. The van der Waals surface area contributed by atoms with Gasteiger partial charge in [0, 0.05) is 24.2 Å². The molecule has 36 heavy (non-hydrogen) atoms. The number of thiophene rings is 1. The second-order valence-electron chi connectivity index (χ2n) is 8.77. The molecule has 0 fully saturated rings. The molecule has 0 saturated carbocycles. The number of aryl methyl sites for hydroxylation is 4. The third-order valence-electron chi connectivity index (χ3n) is 6.31. The van der Waals surface area contributed by atoms with Crippen molar-refractivity contribution in [3.05, 3.63) is 110 Å². The molecule has 5 rings (SSSR count). The number of amides is 1. The van der Waals surface area contributed by atoms with E-state index in [1.54, 1.807) is 28.2 Å². The van der Waals surface area contributed by atoms with Gasteiger partial charge < -0.3 is 9.88 Å². The summed E-state index contributed by atoms with van der Waals surface area (Å²) in [5.41, 5.74) is 3.05. The van der Waals surface area contributed by atoms with Crippen molar-refractivity contribution >= 4 is 33.9 Å². The first-order valence-electron chi connectivity index (χ1n) is 12.0. The van der Waals surface area contributed by atoms with Gasteiger partial charge in [0.05, 0.1) is 10.9 Å². The molecule has 2 N–H and O–H groups in total. The van der Waals surface area contributed by atoms with Crippen LogP contribution < -0.4 is 16.4 Å². The topological polar surface area (TPSA) is 92.3 Å². The summed E-state index contributed by atoms with van der Waals surface area (Å²) in [6.45, 7) is 2.83. The molecule has 0 aliphatic heterocycles. The molecule has 8 heteroatoms. The van der Waals surface area contributed by atoms with E-state index in [0.29, 0.717) is 36.2 Å². The fraction of sp³-hybridized carbons (Fsp3) is 0.214. The number of rotatable bonds is 8. The monoisotopic (exact) mass is 497 g/mol. The predicted molar refractivity (Wildman–Crippen MR) is 143 cm³/mol. The van der Waals surface area contributed by atoms with E-state index in [9.17, 15) is 9.59 Å². The summed E-state index contributed by atoms with van der Waals surface area (Å²) in [6.07, 6.45) is 4.00. The van der Waals surface area contributed by atoms with Crippen LogP contribution in [0.25, 0.3) is 16.7 Å². The van der Waals surface area contributed by atoms with E-state index < -0.39 is 0 Å². The molecule has 0 spiro atoms. The molecular weight excluding hydrogens is 470 g/mol. The zero-order valence-corrected chi connectivity index (χ0v) is 20.8. The highest BCUT2D eigenvalue weighted by atomic mass is 32.1. The summed E-state index contributed by atoms with van der Waals surface area (Å²) in [6, 6.07) is 19.4. The van der Waals surface area contributed by atoms with E-state index in [-0.39, 0.29) is 22.5 Å². The zero-order valence-electron chi connectivity index (χ0n) is 20.0. The number of hydrogen-bond donors (Lipinski definition) is 2. The van der Waals surface area contributed by atoms with Gasteiger partial charge in [-0.1, -0.05) is 42.5 Å². The largest absolute Gasteiger partial charge is 0.352 e. The Kier molecular flexibility index (Phi) is 6.77. The summed E-state index contributed by atoms with van der Waals surface area (Å²) < 4.78 is 3.20. The van der Waals surface area contributed by atoms with Crippen LogP contribution in [-0.4, -0.2) is 26.4 Å². The summed E-state index contributed by atoms with van der Waals surface area (Å²) in [4.78, 5) is 32.6. The van der Waals surface area contributed by atoms with E-state index in [0.717, 1.165) is 18.4 Å². The van der Waals surface area contributed by atoms with Crippen LogP contribution in [0.5, 0.6) is 0 Å². The Morgan fingerprint density at radius 2 is 1.89 bits per heavy atom. The van der Waals surface area contributed by atoms with Crippen LogP contribution in [-0.2, 0) is 19.4 Å². The average Bonchev–Trinajstić information content (AvgIpc) is 3.41. The molecule has 182 valence electrons. The third kappa shape index (κ3) is 4.72. The smallest absolute Gasteiger partial charge is 0.267 e. The van der Waals surface area contributed by atoms with Crippen LogP contribution in [0, 0.1) is 12.3 Å². The van der Waals surface area contributed by atoms with Gasteiger partial charge in [0.15, 0.2) is 0 Å². The SMILES string of the molecule is Cc1cccn2c(=O)c3cc(C(=O)NCCCc4ccccc4)c(=N)n(CCc4cccs4)c3nc12. The minimum Gasteiger partial charge on any atom is -0.352 e. The predicted octanol–water partition coefficient (Wildman–Crippen LogP) is 4.10. The van der Waals surface area contributed by atoms with E-state index in [2.05, 4.69) is 17.4 Å². The quantitative estimate of drug-likeness (QED) is 0.250. The van der Waals surface area contributed by atoms with Crippen LogP contribution in [0.15, 0.2) is 77.0 Å². The van der Waals surface area contributed by atoms with Crippen LogP contribution in [0.1, 0.15) is 32.8 Å². The first-order valence-corrected chi connectivity index (χ1v) is 12.9. The number of carbonyl (C=O) groups is 1. The molecular formula is C28H27N5O2S. The van der Waals surface area contributed by atoms with Crippen molar-refractivity contribution in [2.24, 2.45) is 0 Å². The molecule has 1 aromatic carbocycles. The molecule has 4 aromatic heterocycles. The molecule has 5 aromatic rings. The number of aromatic nitrogens is 3. The lowest BCUT2D eigenvalue weighted by atomic mass is 10.1. The van der Waals surface area contributed by atoms with E-state index in [4.69, 9.17) is 10.4 Å². The number of hydrogen-bond acceptors (Lipinski definition) is 5. The van der Waals surface area contributed by atoms with Gasteiger partial charge in [-0.15, -0.1) is 11.3 Å². The molecule has 0 atom stereocenters. The van der Waals surface area contributed by atoms with Gasteiger partial charge in [-0.2, -0.15) is 0 Å². The number of nitrogens with zero attached hydrogens (tertiary/aromatic N) is 3. The lowest BCUT2D eigenvalue weighted by Gasteiger charge is -2.15. The highest BCUT2D eigenvalue weighted by Gasteiger charge is 2.18. The fourth-order valence-electron chi connectivity index (χ4n) is 4.40. The van der Waals surface area contributed by atoms with Gasteiger partial charge in [-0.25, -0.2) is 4.98 Å². The molecule has 0 radical (unpaired) electrons. The van der Waals surface area contributed by atoms with Crippen LogP contribution in [0.2, 0.25) is 0 Å². The van der Waals surface area contributed by atoms with Crippen molar-refractivity contribution in [3.63, 3.8) is 0 Å². The highest BCUT2D eigenvalue weighted by Crippen LogP contribution is 2.15. The van der Waals surface area contributed by atoms with Gasteiger partial charge in [-0.05, 0) is 60.9 Å². The van der Waals surface area contributed by atoms with Crippen LogP contribution in [0.3, 0.4) is 0 Å². The summed E-state index contributed by atoms with van der Waals surface area (Å²) >= 11 is 1.64. The van der Waals surface area contributed by atoms with Gasteiger partial charge in [0.2, 0.25) is 0 Å². The number of fused-ring (bicyclic) bond motifs is 2. The standard InChI is InChI=1S/C28H27N5O2S/c1-19-8-6-15-33-25(19)31-26-23(28(33)35)18-22(24(29)32(26)16-13-21-12-7-17-36-21)27(34)30-14-5-11-20-9-3-2-4-10-20/h2-4,6-10,12,15,17-18,29H,5,11,13-14,16H2,1H3,(H,30,34). The minimum atomic E-state index is -0.353. The molecule has 0 aliphatic rings. The maximum Gasteiger partial charge on any atom is 0.267 e. The average molecular weight is 498 g/mol. The molecule has 0 aliphatic carbocycles. The van der Waals surface area contributed by atoms with E-state index in [1.807, 2.05) is 48.7 Å². The summed E-state index contributed by atoms with van der Waals surface area (Å²) in [7, 11) is 0. The first-order chi connectivity index (χ1) is 17.5. The lowest BCUT2D eigenvalue weighted by molar-refractivity contribution is 0.0951. The summed E-state index contributed by atoms with van der Waals surface area (Å²) in [5, 5.41) is 14.2. The highest BCUT2D eigenvalue weighted by molar-refractivity contribution is 7.09. The molecule has 0 unspecified atom stereocenters. The third-order valence-corrected chi connectivity index (χ3v) is 7.25. The summed E-state index contributed by atoms with van der Waals surface area (Å²) in [5.74, 6) is -0.353. The first kappa shape index (κ1) is 23.7. The Balaban J connectivity index is 1.51. The van der Waals surface area contributed by atoms with Crippen LogP contribution >= 0.6 is 11.3 Å². The van der Waals surface area contributed by atoms with Gasteiger partial charge in [0.25, 0.3) is 11.5 Å². The van der Waals surface area contributed by atoms with Crippen molar-refractivity contribution in [1.82, 2.24) is 19.3 Å². The second kappa shape index (κ2) is 10.3. The van der Waals surface area contributed by atoms with Gasteiger partial charge in [-0.3, -0.25) is 19.4 Å². The maximum absolute atomic E-state index is 13.4. The van der Waals surface area contributed by atoms with Crippen molar-refractivity contribution in [2.75, 3.05) is 6.54 Å². The number of pyridine rings is 2. The maximum atomic E-state index is 13.4. The molecule has 0 saturated heterocycles. The van der Waals surface area contributed by atoms with E-state index >= 15 is 0 Å². The van der Waals surface area contributed by atoms with Crippen molar-refractivity contribution in [3.8, 4) is 0 Å². The number of benzene rings is 1. The molecule has 7 nitrogen and oxygen atoms in total.